The summed E-state index contributed by atoms with van der Waals surface area (Å²) in [6.07, 6.45) is 2.34. The Bertz CT molecular complexity index is 200. The average Bonchev–Trinajstić information content (AvgIpc) is 2.62. The van der Waals surface area contributed by atoms with E-state index in [-0.39, 0.29) is 5.92 Å². The summed E-state index contributed by atoms with van der Waals surface area (Å²) in [7, 11) is 0. The van der Waals surface area contributed by atoms with Crippen LogP contribution in [0.25, 0.3) is 0 Å². The van der Waals surface area contributed by atoms with Crippen molar-refractivity contribution in [3.8, 4) is 0 Å². The highest BCUT2D eigenvalue weighted by molar-refractivity contribution is 5.83. The molecule has 0 amide bonds. The van der Waals surface area contributed by atoms with E-state index < -0.39 is 0 Å². The molecule has 2 aliphatic rings. The molecule has 2 fully saturated rings. The number of ketones is 1. The van der Waals surface area contributed by atoms with Crippen LogP contribution < -0.4 is 5.32 Å². The second kappa shape index (κ2) is 2.84. The second-order valence-corrected chi connectivity index (χ2v) is 4.50. The number of carbonyl (C=O) groups is 1. The van der Waals surface area contributed by atoms with Gasteiger partial charge in [-0.1, -0.05) is 13.8 Å². The Kier molecular flexibility index (Phi) is 1.95. The highest BCUT2D eigenvalue weighted by Gasteiger charge is 2.43. The van der Waals surface area contributed by atoms with Crippen LogP contribution in [0.5, 0.6) is 0 Å². The standard InChI is InChI=1S/C10H17NO/c1-6(2)10(12)9-4-8-3-7(9)5-11-8/h6-9,11H,3-5H2,1-2H3. The highest BCUT2D eigenvalue weighted by Crippen LogP contribution is 2.38. The van der Waals surface area contributed by atoms with Gasteiger partial charge in [-0.15, -0.1) is 0 Å². The number of rotatable bonds is 2. The number of fused-ring (bicyclic) bond motifs is 2. The summed E-state index contributed by atoms with van der Waals surface area (Å²) in [5.41, 5.74) is 0. The van der Waals surface area contributed by atoms with Crippen molar-refractivity contribution in [2.45, 2.75) is 32.7 Å². The largest absolute Gasteiger partial charge is 0.314 e. The van der Waals surface area contributed by atoms with E-state index in [1.807, 2.05) is 13.8 Å². The zero-order valence-corrected chi connectivity index (χ0v) is 7.84. The van der Waals surface area contributed by atoms with Gasteiger partial charge in [0.2, 0.25) is 0 Å². The Morgan fingerprint density at radius 1 is 1.42 bits per heavy atom. The van der Waals surface area contributed by atoms with Crippen LogP contribution in [0.1, 0.15) is 26.7 Å². The minimum atomic E-state index is 0.231. The molecule has 1 heterocycles. The third-order valence-electron chi connectivity index (χ3n) is 3.30. The minimum Gasteiger partial charge on any atom is -0.314 e. The van der Waals surface area contributed by atoms with Crippen LogP contribution in [0.15, 0.2) is 0 Å². The molecule has 2 bridgehead atoms. The number of nitrogens with one attached hydrogen (secondary N) is 1. The van der Waals surface area contributed by atoms with Crippen molar-refractivity contribution in [3.05, 3.63) is 0 Å². The quantitative estimate of drug-likeness (QED) is 0.669. The van der Waals surface area contributed by atoms with Crippen LogP contribution in [0.3, 0.4) is 0 Å². The van der Waals surface area contributed by atoms with Crippen molar-refractivity contribution >= 4 is 5.78 Å². The monoisotopic (exact) mass is 167 g/mol. The van der Waals surface area contributed by atoms with Crippen LogP contribution in [-0.4, -0.2) is 18.4 Å². The summed E-state index contributed by atoms with van der Waals surface area (Å²) in [4.78, 5) is 11.7. The van der Waals surface area contributed by atoms with Gasteiger partial charge in [0.15, 0.2) is 0 Å². The SMILES string of the molecule is CC(C)C(=O)C1CC2CC1CN2. The van der Waals surface area contributed by atoms with E-state index >= 15 is 0 Å². The molecule has 2 heteroatoms. The minimum absolute atomic E-state index is 0.231. The molecule has 1 aliphatic carbocycles. The van der Waals surface area contributed by atoms with Crippen molar-refractivity contribution in [3.63, 3.8) is 0 Å². The Labute approximate surface area is 73.7 Å². The van der Waals surface area contributed by atoms with Crippen LogP contribution in [0.2, 0.25) is 0 Å². The fraction of sp³-hybridized carbons (Fsp3) is 0.900. The maximum atomic E-state index is 11.7. The molecule has 1 aliphatic heterocycles. The van der Waals surface area contributed by atoms with Crippen LogP contribution in [0, 0.1) is 17.8 Å². The molecule has 2 nitrogen and oxygen atoms in total. The van der Waals surface area contributed by atoms with Crippen molar-refractivity contribution in [2.75, 3.05) is 6.54 Å². The molecule has 0 aromatic rings. The molecule has 12 heavy (non-hydrogen) atoms. The van der Waals surface area contributed by atoms with E-state index in [4.69, 9.17) is 0 Å². The summed E-state index contributed by atoms with van der Waals surface area (Å²) in [5.74, 6) is 1.76. The fourth-order valence-corrected chi connectivity index (χ4v) is 2.61. The first-order valence-electron chi connectivity index (χ1n) is 4.95. The van der Waals surface area contributed by atoms with Gasteiger partial charge in [-0.25, -0.2) is 0 Å². The van der Waals surface area contributed by atoms with Gasteiger partial charge in [0.05, 0.1) is 0 Å². The Balaban J connectivity index is 2.02. The van der Waals surface area contributed by atoms with E-state index in [0.29, 0.717) is 23.7 Å². The molecule has 1 saturated carbocycles. The predicted molar refractivity (Wildman–Crippen MR) is 47.8 cm³/mol. The molecule has 1 N–H and O–H groups in total. The van der Waals surface area contributed by atoms with Gasteiger partial charge in [-0.2, -0.15) is 0 Å². The normalized spacial score (nSPS) is 39.4. The Morgan fingerprint density at radius 3 is 2.58 bits per heavy atom. The predicted octanol–water partition coefficient (Wildman–Crippen LogP) is 1.21. The number of hydrogen-bond acceptors (Lipinski definition) is 2. The van der Waals surface area contributed by atoms with E-state index in [9.17, 15) is 4.79 Å². The zero-order chi connectivity index (χ0) is 8.72. The molecule has 68 valence electrons. The third kappa shape index (κ3) is 1.18. The van der Waals surface area contributed by atoms with Gasteiger partial charge in [0, 0.05) is 17.9 Å². The first kappa shape index (κ1) is 8.24. The lowest BCUT2D eigenvalue weighted by Crippen LogP contribution is -2.34. The van der Waals surface area contributed by atoms with Gasteiger partial charge >= 0.3 is 0 Å². The summed E-state index contributed by atoms with van der Waals surface area (Å²) in [6, 6.07) is 0.655. The molecule has 3 atom stereocenters. The van der Waals surface area contributed by atoms with Crippen molar-refractivity contribution < 1.29 is 4.79 Å². The first-order valence-corrected chi connectivity index (χ1v) is 4.95. The topological polar surface area (TPSA) is 29.1 Å². The van der Waals surface area contributed by atoms with Crippen LogP contribution in [0.4, 0.5) is 0 Å². The lowest BCUT2D eigenvalue weighted by atomic mass is 9.86. The van der Waals surface area contributed by atoms with Crippen molar-refractivity contribution in [1.29, 1.82) is 0 Å². The van der Waals surface area contributed by atoms with Crippen LogP contribution in [-0.2, 0) is 4.79 Å². The van der Waals surface area contributed by atoms with Crippen molar-refractivity contribution in [2.24, 2.45) is 17.8 Å². The zero-order valence-electron chi connectivity index (χ0n) is 7.84. The second-order valence-electron chi connectivity index (χ2n) is 4.50. The summed E-state index contributed by atoms with van der Waals surface area (Å²) < 4.78 is 0. The smallest absolute Gasteiger partial charge is 0.138 e. The van der Waals surface area contributed by atoms with E-state index in [1.54, 1.807) is 0 Å². The Morgan fingerprint density at radius 2 is 2.17 bits per heavy atom. The van der Waals surface area contributed by atoms with Gasteiger partial charge in [-0.05, 0) is 25.3 Å². The lowest BCUT2D eigenvalue weighted by molar-refractivity contribution is -0.127. The molecule has 3 unspecified atom stereocenters. The fourth-order valence-electron chi connectivity index (χ4n) is 2.61. The highest BCUT2D eigenvalue weighted by atomic mass is 16.1. The van der Waals surface area contributed by atoms with Gasteiger partial charge in [-0.3, -0.25) is 4.79 Å². The van der Waals surface area contributed by atoms with E-state index in [0.717, 1.165) is 13.0 Å². The van der Waals surface area contributed by atoms with Gasteiger partial charge < -0.3 is 5.32 Å². The molecule has 0 spiro atoms. The molecule has 0 radical (unpaired) electrons. The molecular formula is C10H17NO. The number of carbonyl (C=O) groups excluding carboxylic acids is 1. The summed E-state index contributed by atoms with van der Waals surface area (Å²) >= 11 is 0. The Hall–Kier alpha value is -0.370. The molecule has 2 rings (SSSR count). The average molecular weight is 167 g/mol. The van der Waals surface area contributed by atoms with Gasteiger partial charge in [0.1, 0.15) is 5.78 Å². The third-order valence-corrected chi connectivity index (χ3v) is 3.30. The molecular weight excluding hydrogens is 150 g/mol. The molecule has 0 aromatic heterocycles. The maximum absolute atomic E-state index is 11.7. The number of piperidine rings is 1. The maximum Gasteiger partial charge on any atom is 0.138 e. The summed E-state index contributed by atoms with van der Waals surface area (Å²) in [5, 5.41) is 3.43. The number of hydrogen-bond donors (Lipinski definition) is 1. The van der Waals surface area contributed by atoms with E-state index in [1.165, 1.54) is 6.42 Å². The lowest BCUT2D eigenvalue weighted by Gasteiger charge is -2.22. The van der Waals surface area contributed by atoms with Crippen molar-refractivity contribution in [1.82, 2.24) is 5.32 Å². The summed E-state index contributed by atoms with van der Waals surface area (Å²) in [6.45, 7) is 5.11. The van der Waals surface area contributed by atoms with Gasteiger partial charge in [0.25, 0.3) is 0 Å². The van der Waals surface area contributed by atoms with Crippen LogP contribution >= 0.6 is 0 Å². The molecule has 0 aromatic carbocycles. The first-order chi connectivity index (χ1) is 5.68. The van der Waals surface area contributed by atoms with E-state index in [2.05, 4.69) is 5.32 Å². The number of Topliss-reactive ketones (excluding diaryl/α,β-unsaturated/α-hetero) is 1. The molecule has 1 saturated heterocycles.